The molecule has 0 N–H and O–H groups in total. The Morgan fingerprint density at radius 1 is 0.411 bits per heavy atom. The Labute approximate surface area is 336 Å². The zero-order valence-electron chi connectivity index (χ0n) is 33.0. The summed E-state index contributed by atoms with van der Waals surface area (Å²) in [6.45, 7) is 18.0. The van der Waals surface area contributed by atoms with Gasteiger partial charge in [0.15, 0.2) is 0 Å². The number of benzene rings is 4. The Bertz CT molecular complexity index is 2790. The van der Waals surface area contributed by atoms with Crippen LogP contribution in [0.1, 0.15) is 66.5 Å². The largest absolute Gasteiger partial charge is 0.308 e. The molecule has 0 amide bonds. The minimum atomic E-state index is -0.161. The third-order valence-corrected chi connectivity index (χ3v) is 15.6. The number of nitrogens with zero attached hydrogens (tertiary/aromatic N) is 6. The smallest absolute Gasteiger partial charge is 0.101 e. The molecule has 0 spiro atoms. The van der Waals surface area contributed by atoms with E-state index in [1.807, 2.05) is 48.3 Å². The van der Waals surface area contributed by atoms with Gasteiger partial charge in [0.05, 0.1) is 56.9 Å². The first-order chi connectivity index (χ1) is 26.7. The Kier molecular flexibility index (Phi) is 7.65. The second-order valence-electron chi connectivity index (χ2n) is 17.2. The van der Waals surface area contributed by atoms with Crippen molar-refractivity contribution in [1.29, 1.82) is 0 Å². The fraction of sp³-hybridized carbons (Fsp3) is 0.250. The number of aromatic nitrogens is 4. The molecule has 0 unspecified atom stereocenters. The van der Waals surface area contributed by atoms with Crippen LogP contribution in [0.3, 0.4) is 0 Å². The second kappa shape index (κ2) is 12.2. The van der Waals surface area contributed by atoms with Crippen molar-refractivity contribution >= 4 is 77.2 Å². The van der Waals surface area contributed by atoms with Gasteiger partial charge in [-0.1, -0.05) is 72.1 Å². The van der Waals surface area contributed by atoms with E-state index in [0.29, 0.717) is 0 Å². The first-order valence-electron chi connectivity index (χ1n) is 19.3. The van der Waals surface area contributed by atoms with E-state index in [-0.39, 0.29) is 20.6 Å². The van der Waals surface area contributed by atoms with Gasteiger partial charge in [-0.2, -0.15) is 0 Å². The standard InChI is InChI=1S/C48H44N6S2/c1-45(2)47(5,6)55-43(51-45)31-21-33(27-49-25-31)53-39-15-11-9-13-35(39)37-23-29(17-19-41(37)53)30-18-20-42-38(24-30)36-14-10-12-16-40(36)54(42)34-22-32(26-50-28-34)44-52-46(3,4)48(7,8)56-44/h9-28H,1-8H3. The maximum atomic E-state index is 5.14. The van der Waals surface area contributed by atoms with Crippen molar-refractivity contribution in [2.24, 2.45) is 9.98 Å². The van der Waals surface area contributed by atoms with E-state index in [2.05, 4.69) is 162 Å². The number of hydrogen-bond donors (Lipinski definition) is 0. The molecule has 2 aliphatic rings. The van der Waals surface area contributed by atoms with E-state index in [9.17, 15) is 0 Å². The van der Waals surface area contributed by atoms with Gasteiger partial charge >= 0.3 is 0 Å². The van der Waals surface area contributed by atoms with E-state index in [1.54, 1.807) is 0 Å². The summed E-state index contributed by atoms with van der Waals surface area (Å²) in [4.78, 5) is 19.8. The molecule has 6 heterocycles. The van der Waals surface area contributed by atoms with Crippen molar-refractivity contribution in [2.45, 2.75) is 76.0 Å². The number of aliphatic imine (C=N–C) groups is 2. The summed E-state index contributed by atoms with van der Waals surface area (Å²) >= 11 is 3.68. The van der Waals surface area contributed by atoms with Gasteiger partial charge in [-0.3, -0.25) is 20.0 Å². The van der Waals surface area contributed by atoms with Crippen LogP contribution in [0.5, 0.6) is 0 Å². The zero-order valence-corrected chi connectivity index (χ0v) is 34.7. The maximum Gasteiger partial charge on any atom is 0.101 e. The van der Waals surface area contributed by atoms with Crippen molar-refractivity contribution in [1.82, 2.24) is 19.1 Å². The van der Waals surface area contributed by atoms with Gasteiger partial charge in [0.1, 0.15) is 10.1 Å². The quantitative estimate of drug-likeness (QED) is 0.175. The molecule has 0 fully saturated rings. The normalized spacial score (nSPS) is 18.3. The Hall–Kier alpha value is -5.18. The molecule has 0 bridgehead atoms. The molecule has 0 aliphatic carbocycles. The van der Waals surface area contributed by atoms with Crippen LogP contribution < -0.4 is 0 Å². The molecular formula is C48H44N6S2. The summed E-state index contributed by atoms with van der Waals surface area (Å²) in [5.41, 5.74) is 10.8. The van der Waals surface area contributed by atoms with Crippen LogP contribution in [0.25, 0.3) is 66.1 Å². The second-order valence-corrected chi connectivity index (χ2v) is 20.4. The third-order valence-electron chi connectivity index (χ3n) is 12.5. The van der Waals surface area contributed by atoms with E-state index >= 15 is 0 Å². The molecule has 2 aliphatic heterocycles. The molecule has 0 atom stereocenters. The molecule has 278 valence electrons. The average molecular weight is 769 g/mol. The van der Waals surface area contributed by atoms with Crippen molar-refractivity contribution < 1.29 is 0 Å². The SMILES string of the molecule is CC1(C)N=C(c2cncc(-n3c4ccccc4c4cc(-c5ccc6c(c5)c5ccccc5n6-c5cncc(C6=NC(C)(C)C(C)(C)S6)c5)ccc43)c2)SC1(C)C. The molecular weight excluding hydrogens is 725 g/mol. The van der Waals surface area contributed by atoms with Gasteiger partial charge in [-0.05, 0) is 115 Å². The summed E-state index contributed by atoms with van der Waals surface area (Å²) in [6, 6.07) is 35.6. The average Bonchev–Trinajstić information content (AvgIpc) is 3.83. The van der Waals surface area contributed by atoms with Crippen LogP contribution in [0, 0.1) is 0 Å². The lowest BCUT2D eigenvalue weighted by Crippen LogP contribution is -2.36. The lowest BCUT2D eigenvalue weighted by atomic mass is 9.91. The van der Waals surface area contributed by atoms with Gasteiger partial charge in [-0.15, -0.1) is 0 Å². The van der Waals surface area contributed by atoms with Gasteiger partial charge in [0.2, 0.25) is 0 Å². The number of fused-ring (bicyclic) bond motifs is 6. The molecule has 4 aromatic heterocycles. The van der Waals surface area contributed by atoms with E-state index in [1.165, 1.54) is 32.7 Å². The Morgan fingerprint density at radius 2 is 0.804 bits per heavy atom. The van der Waals surface area contributed by atoms with Crippen molar-refractivity contribution in [2.75, 3.05) is 0 Å². The molecule has 10 rings (SSSR count). The van der Waals surface area contributed by atoms with Crippen LogP contribution in [-0.4, -0.2) is 49.8 Å². The minimum absolute atomic E-state index is 0.00108. The van der Waals surface area contributed by atoms with Crippen LogP contribution in [0.15, 0.2) is 132 Å². The van der Waals surface area contributed by atoms with E-state index in [4.69, 9.17) is 20.0 Å². The minimum Gasteiger partial charge on any atom is -0.308 e. The molecule has 8 heteroatoms. The number of hydrogen-bond acceptors (Lipinski definition) is 6. The zero-order chi connectivity index (χ0) is 38.8. The number of para-hydroxylation sites is 2. The summed E-state index contributed by atoms with van der Waals surface area (Å²) in [5, 5.41) is 6.95. The maximum absolute atomic E-state index is 5.14. The van der Waals surface area contributed by atoms with Gasteiger partial charge < -0.3 is 9.13 Å². The highest BCUT2D eigenvalue weighted by molar-refractivity contribution is 8.16. The highest BCUT2D eigenvalue weighted by Crippen LogP contribution is 2.48. The lowest BCUT2D eigenvalue weighted by Gasteiger charge is -2.30. The number of rotatable bonds is 5. The topological polar surface area (TPSA) is 60.4 Å². The monoisotopic (exact) mass is 768 g/mol. The fourth-order valence-corrected chi connectivity index (χ4v) is 10.6. The summed E-state index contributed by atoms with van der Waals surface area (Å²) in [5.74, 6) is 0. The summed E-state index contributed by atoms with van der Waals surface area (Å²) in [6.07, 6.45) is 7.83. The van der Waals surface area contributed by atoms with Crippen molar-refractivity contribution in [3.63, 3.8) is 0 Å². The first kappa shape index (κ1) is 35.2. The van der Waals surface area contributed by atoms with Crippen LogP contribution in [0.2, 0.25) is 0 Å². The van der Waals surface area contributed by atoms with E-state index < -0.39 is 0 Å². The Balaban J connectivity index is 1.08. The van der Waals surface area contributed by atoms with Crippen LogP contribution >= 0.6 is 23.5 Å². The summed E-state index contributed by atoms with van der Waals surface area (Å²) in [7, 11) is 0. The molecule has 0 radical (unpaired) electrons. The van der Waals surface area contributed by atoms with Crippen LogP contribution in [0.4, 0.5) is 0 Å². The number of pyridine rings is 2. The van der Waals surface area contributed by atoms with Crippen molar-refractivity contribution in [3.05, 3.63) is 133 Å². The molecule has 56 heavy (non-hydrogen) atoms. The van der Waals surface area contributed by atoms with E-state index in [0.717, 1.165) is 54.7 Å². The summed E-state index contributed by atoms with van der Waals surface area (Å²) < 4.78 is 4.69. The van der Waals surface area contributed by atoms with Gasteiger partial charge in [0.25, 0.3) is 0 Å². The third kappa shape index (κ3) is 5.32. The molecule has 6 nitrogen and oxygen atoms in total. The lowest BCUT2D eigenvalue weighted by molar-refractivity contribution is 0.426. The van der Waals surface area contributed by atoms with Gasteiger partial charge in [0, 0.05) is 54.6 Å². The first-order valence-corrected chi connectivity index (χ1v) is 20.9. The molecule has 4 aromatic carbocycles. The molecule has 8 aromatic rings. The fourth-order valence-electron chi connectivity index (χ4n) is 8.00. The predicted molar refractivity (Wildman–Crippen MR) is 241 cm³/mol. The number of thioether (sulfide) groups is 2. The Morgan fingerprint density at radius 3 is 1.20 bits per heavy atom. The molecule has 0 saturated carbocycles. The van der Waals surface area contributed by atoms with Crippen LogP contribution in [-0.2, 0) is 0 Å². The van der Waals surface area contributed by atoms with Gasteiger partial charge in [-0.25, -0.2) is 0 Å². The predicted octanol–water partition coefficient (Wildman–Crippen LogP) is 12.4. The molecule has 0 saturated heterocycles. The highest BCUT2D eigenvalue weighted by atomic mass is 32.2. The van der Waals surface area contributed by atoms with Crippen molar-refractivity contribution in [3.8, 4) is 22.5 Å². The highest BCUT2D eigenvalue weighted by Gasteiger charge is 2.45.